The number of benzene rings is 3. The van der Waals surface area contributed by atoms with Gasteiger partial charge in [0.2, 0.25) is 0 Å². The van der Waals surface area contributed by atoms with Gasteiger partial charge in [0, 0.05) is 11.1 Å². The van der Waals surface area contributed by atoms with Crippen molar-refractivity contribution in [3.05, 3.63) is 89.5 Å². The number of azo groups is 1. The van der Waals surface area contributed by atoms with E-state index in [4.69, 9.17) is 0 Å². The molecule has 0 aromatic heterocycles. The number of hydrogen-bond donors (Lipinski definition) is 2. The lowest BCUT2D eigenvalue weighted by Gasteiger charge is -2.10. The molecule has 0 aliphatic heterocycles. The largest absolute Gasteiger partial charge is 0.507 e. The van der Waals surface area contributed by atoms with Gasteiger partial charge in [-0.25, -0.2) is 0 Å². The monoisotopic (exact) mass is 331 g/mol. The van der Waals surface area contributed by atoms with Crippen LogP contribution in [-0.4, -0.2) is 16.0 Å². The molecular formula is C20H17N3O2. The van der Waals surface area contributed by atoms with Crippen LogP contribution in [0.5, 0.6) is 5.75 Å². The highest BCUT2D eigenvalue weighted by atomic mass is 16.4. The minimum atomic E-state index is 0.0211. The molecule has 124 valence electrons. The number of aromatic hydroxyl groups is 1. The van der Waals surface area contributed by atoms with Gasteiger partial charge < -0.3 is 10.3 Å². The van der Waals surface area contributed by atoms with E-state index in [-0.39, 0.29) is 11.5 Å². The summed E-state index contributed by atoms with van der Waals surface area (Å²) in [5, 5.41) is 31.6. The third-order valence-corrected chi connectivity index (χ3v) is 3.75. The number of phenolic OH excluding ortho intramolecular Hbond substituents is 1. The maximum Gasteiger partial charge on any atom is 0.125 e. The predicted octanol–water partition coefficient (Wildman–Crippen LogP) is 5.34. The first-order valence-corrected chi connectivity index (χ1v) is 7.77. The molecule has 0 aliphatic carbocycles. The number of oxime groups is 1. The maximum atomic E-state index is 10.3. The Hall–Kier alpha value is -3.47. The molecule has 0 saturated carbocycles. The maximum absolute atomic E-state index is 10.3. The third kappa shape index (κ3) is 3.72. The summed E-state index contributed by atoms with van der Waals surface area (Å²) >= 11 is 0. The zero-order chi connectivity index (χ0) is 17.6. The second-order valence-corrected chi connectivity index (χ2v) is 5.51. The Labute approximate surface area is 145 Å². The first-order valence-electron chi connectivity index (χ1n) is 7.77. The molecule has 0 aliphatic rings. The molecule has 0 bridgehead atoms. The molecule has 0 heterocycles. The molecule has 3 aromatic carbocycles. The average Bonchev–Trinajstić information content (AvgIpc) is 2.65. The number of phenols is 1. The van der Waals surface area contributed by atoms with Crippen molar-refractivity contribution in [2.24, 2.45) is 15.4 Å². The Morgan fingerprint density at radius 3 is 2.12 bits per heavy atom. The SMILES string of the molecule is Cc1cc(O)c(/C(=N\O)c2ccccc2)cc1N=Nc1ccccc1. The molecule has 0 unspecified atom stereocenters. The van der Waals surface area contributed by atoms with Crippen LogP contribution in [-0.2, 0) is 0 Å². The summed E-state index contributed by atoms with van der Waals surface area (Å²) in [5.74, 6) is 0.0211. The molecule has 0 spiro atoms. The van der Waals surface area contributed by atoms with Crippen molar-refractivity contribution in [1.29, 1.82) is 0 Å². The Morgan fingerprint density at radius 1 is 0.840 bits per heavy atom. The molecule has 25 heavy (non-hydrogen) atoms. The van der Waals surface area contributed by atoms with Gasteiger partial charge >= 0.3 is 0 Å². The second kappa shape index (κ2) is 7.40. The van der Waals surface area contributed by atoms with Crippen LogP contribution in [0.4, 0.5) is 11.4 Å². The Bertz CT molecular complexity index is 920. The fraction of sp³-hybridized carbons (Fsp3) is 0.0500. The number of hydrogen-bond acceptors (Lipinski definition) is 5. The Morgan fingerprint density at radius 2 is 1.48 bits per heavy atom. The molecule has 0 radical (unpaired) electrons. The summed E-state index contributed by atoms with van der Waals surface area (Å²) < 4.78 is 0. The molecule has 0 saturated heterocycles. The van der Waals surface area contributed by atoms with E-state index in [9.17, 15) is 10.3 Å². The van der Waals surface area contributed by atoms with E-state index in [1.54, 1.807) is 24.3 Å². The molecule has 2 N–H and O–H groups in total. The van der Waals surface area contributed by atoms with E-state index in [0.717, 1.165) is 11.3 Å². The Kier molecular flexibility index (Phi) is 4.85. The van der Waals surface area contributed by atoms with Crippen LogP contribution in [0.1, 0.15) is 16.7 Å². The van der Waals surface area contributed by atoms with Crippen molar-refractivity contribution in [3.63, 3.8) is 0 Å². The first-order chi connectivity index (χ1) is 12.2. The van der Waals surface area contributed by atoms with Gasteiger partial charge in [-0.05, 0) is 36.8 Å². The van der Waals surface area contributed by atoms with Crippen LogP contribution < -0.4 is 0 Å². The van der Waals surface area contributed by atoms with Gasteiger partial charge in [-0.15, -0.1) is 0 Å². The van der Waals surface area contributed by atoms with E-state index in [1.165, 1.54) is 0 Å². The van der Waals surface area contributed by atoms with Crippen molar-refractivity contribution < 1.29 is 10.3 Å². The van der Waals surface area contributed by atoms with Gasteiger partial charge in [-0.2, -0.15) is 10.2 Å². The third-order valence-electron chi connectivity index (χ3n) is 3.75. The van der Waals surface area contributed by atoms with Gasteiger partial charge in [0.1, 0.15) is 11.5 Å². The average molecular weight is 331 g/mol. The lowest BCUT2D eigenvalue weighted by Crippen LogP contribution is -2.04. The highest BCUT2D eigenvalue weighted by Crippen LogP contribution is 2.31. The second-order valence-electron chi connectivity index (χ2n) is 5.51. The summed E-state index contributed by atoms with van der Waals surface area (Å²) in [6.07, 6.45) is 0. The minimum Gasteiger partial charge on any atom is -0.507 e. The van der Waals surface area contributed by atoms with Crippen molar-refractivity contribution in [3.8, 4) is 5.75 Å². The number of rotatable bonds is 4. The zero-order valence-electron chi connectivity index (χ0n) is 13.7. The molecule has 0 fully saturated rings. The van der Waals surface area contributed by atoms with Gasteiger partial charge in [0.05, 0.1) is 11.4 Å². The first kappa shape index (κ1) is 16.4. The van der Waals surface area contributed by atoms with E-state index < -0.39 is 0 Å². The van der Waals surface area contributed by atoms with E-state index in [2.05, 4.69) is 15.4 Å². The fourth-order valence-corrected chi connectivity index (χ4v) is 2.45. The summed E-state index contributed by atoms with van der Waals surface area (Å²) in [5.41, 5.74) is 3.45. The normalized spacial score (nSPS) is 11.8. The topological polar surface area (TPSA) is 77.5 Å². The lowest BCUT2D eigenvalue weighted by molar-refractivity contribution is 0.319. The lowest BCUT2D eigenvalue weighted by atomic mass is 9.99. The van der Waals surface area contributed by atoms with Crippen LogP contribution >= 0.6 is 0 Å². The van der Waals surface area contributed by atoms with Crippen molar-refractivity contribution in [2.75, 3.05) is 0 Å². The van der Waals surface area contributed by atoms with E-state index in [1.807, 2.05) is 55.5 Å². The van der Waals surface area contributed by atoms with E-state index >= 15 is 0 Å². The molecule has 0 amide bonds. The van der Waals surface area contributed by atoms with Crippen LogP contribution in [0.3, 0.4) is 0 Å². The molecule has 3 rings (SSSR count). The van der Waals surface area contributed by atoms with Gasteiger partial charge in [-0.1, -0.05) is 53.7 Å². The smallest absolute Gasteiger partial charge is 0.125 e. The summed E-state index contributed by atoms with van der Waals surface area (Å²) in [4.78, 5) is 0. The predicted molar refractivity (Wildman–Crippen MR) is 97.3 cm³/mol. The fourth-order valence-electron chi connectivity index (χ4n) is 2.45. The highest BCUT2D eigenvalue weighted by molar-refractivity contribution is 6.14. The molecular weight excluding hydrogens is 314 g/mol. The van der Waals surface area contributed by atoms with Gasteiger partial charge in [0.15, 0.2) is 0 Å². The summed E-state index contributed by atoms with van der Waals surface area (Å²) in [6, 6.07) is 21.8. The van der Waals surface area contributed by atoms with Crippen LogP contribution in [0.2, 0.25) is 0 Å². The molecule has 3 aromatic rings. The van der Waals surface area contributed by atoms with Gasteiger partial charge in [-0.3, -0.25) is 0 Å². The van der Waals surface area contributed by atoms with Crippen molar-refractivity contribution >= 4 is 17.1 Å². The Balaban J connectivity index is 2.02. The minimum absolute atomic E-state index is 0.0211. The van der Waals surface area contributed by atoms with Crippen molar-refractivity contribution in [1.82, 2.24) is 0 Å². The standard InChI is InChI=1S/C20H17N3O2/c1-14-12-19(24)17(20(23-25)15-8-4-2-5-9-15)13-18(14)22-21-16-10-6-3-7-11-16/h2-13,24-25H,1H3/b22-21?,23-20-. The molecule has 0 atom stereocenters. The zero-order valence-corrected chi connectivity index (χ0v) is 13.7. The summed E-state index contributed by atoms with van der Waals surface area (Å²) in [7, 11) is 0. The highest BCUT2D eigenvalue weighted by Gasteiger charge is 2.15. The molecule has 5 heteroatoms. The van der Waals surface area contributed by atoms with Crippen LogP contribution in [0, 0.1) is 6.92 Å². The summed E-state index contributed by atoms with van der Waals surface area (Å²) in [6.45, 7) is 1.83. The van der Waals surface area contributed by atoms with Gasteiger partial charge in [0.25, 0.3) is 0 Å². The number of nitrogens with zero attached hydrogens (tertiary/aromatic N) is 3. The molecule has 5 nitrogen and oxygen atoms in total. The van der Waals surface area contributed by atoms with Crippen LogP contribution in [0.25, 0.3) is 0 Å². The number of aryl methyl sites for hydroxylation is 1. The van der Waals surface area contributed by atoms with E-state index in [0.29, 0.717) is 16.8 Å². The van der Waals surface area contributed by atoms with Crippen LogP contribution in [0.15, 0.2) is 88.2 Å². The quantitative estimate of drug-likeness (QED) is 0.293. The van der Waals surface area contributed by atoms with Crippen molar-refractivity contribution in [2.45, 2.75) is 6.92 Å².